The third-order valence-corrected chi connectivity index (χ3v) is 3.88. The Morgan fingerprint density at radius 1 is 1.11 bits per heavy atom. The number of carbonyl (C=O) groups excluding carboxylic acids is 1. The maximum atomic E-state index is 12.1. The molecule has 0 saturated carbocycles. The van der Waals surface area contributed by atoms with Gasteiger partial charge in [0.2, 0.25) is 5.43 Å². The summed E-state index contributed by atoms with van der Waals surface area (Å²) in [5.41, 5.74) is 0.110. The number of fused-ring (bicyclic) bond motifs is 3. The van der Waals surface area contributed by atoms with Crippen molar-refractivity contribution in [3.05, 3.63) is 56.6 Å². The van der Waals surface area contributed by atoms with Gasteiger partial charge in [-0.1, -0.05) is 24.3 Å². The van der Waals surface area contributed by atoms with Crippen LogP contribution in [0.5, 0.6) is 0 Å². The fourth-order valence-corrected chi connectivity index (χ4v) is 3.09. The Balaban J connectivity index is 2.39. The van der Waals surface area contributed by atoms with Crippen LogP contribution in [0.2, 0.25) is 0 Å². The van der Waals surface area contributed by atoms with Crippen LogP contribution in [-0.4, -0.2) is 16.9 Å². The predicted octanol–water partition coefficient (Wildman–Crippen LogP) is 2.02. The lowest BCUT2D eigenvalue weighted by atomic mass is 10.1. The van der Waals surface area contributed by atoms with Crippen molar-refractivity contribution in [3.8, 4) is 10.4 Å². The van der Waals surface area contributed by atoms with Gasteiger partial charge in [0, 0.05) is 16.5 Å². The zero-order valence-electron chi connectivity index (χ0n) is 8.97. The van der Waals surface area contributed by atoms with E-state index in [1.165, 1.54) is 5.38 Å². The van der Waals surface area contributed by atoms with E-state index >= 15 is 0 Å². The van der Waals surface area contributed by atoms with E-state index in [1.54, 1.807) is 24.3 Å². The lowest BCUT2D eigenvalue weighted by Gasteiger charge is -1.98. The minimum absolute atomic E-state index is 0.0129. The third-order valence-electron chi connectivity index (χ3n) is 2.87. The van der Waals surface area contributed by atoms with Crippen molar-refractivity contribution >= 4 is 23.1 Å². The first kappa shape index (κ1) is 10.9. The molecule has 4 nitrogen and oxygen atoms in total. The summed E-state index contributed by atoms with van der Waals surface area (Å²) in [7, 11) is 0. The minimum Gasteiger partial charge on any atom is -0.478 e. The van der Waals surface area contributed by atoms with E-state index in [1.807, 2.05) is 0 Å². The van der Waals surface area contributed by atoms with Gasteiger partial charge in [-0.25, -0.2) is 4.79 Å². The molecule has 1 N–H and O–H groups in total. The second kappa shape index (κ2) is 3.61. The highest BCUT2D eigenvalue weighted by Crippen LogP contribution is 2.37. The molecule has 0 amide bonds. The summed E-state index contributed by atoms with van der Waals surface area (Å²) in [4.78, 5) is 35.5. The van der Waals surface area contributed by atoms with Gasteiger partial charge in [-0.15, -0.1) is 11.3 Å². The normalized spacial score (nSPS) is 12.1. The number of rotatable bonds is 1. The predicted molar refractivity (Wildman–Crippen MR) is 66.4 cm³/mol. The molecule has 0 fully saturated rings. The van der Waals surface area contributed by atoms with Gasteiger partial charge in [0.15, 0.2) is 5.78 Å². The van der Waals surface area contributed by atoms with Gasteiger partial charge in [-0.05, 0) is 0 Å². The van der Waals surface area contributed by atoms with Crippen LogP contribution in [0.15, 0.2) is 34.4 Å². The Kier molecular flexibility index (Phi) is 2.18. The molecule has 88 valence electrons. The SMILES string of the molecule is O=C(O)c1csc2c(c1=O)C(=O)c1ccccc1-2. The number of aromatic carboxylic acids is 1. The van der Waals surface area contributed by atoms with Crippen molar-refractivity contribution in [2.45, 2.75) is 0 Å². The molecule has 0 saturated heterocycles. The van der Waals surface area contributed by atoms with Gasteiger partial charge in [-0.2, -0.15) is 0 Å². The molecule has 0 radical (unpaired) electrons. The van der Waals surface area contributed by atoms with Gasteiger partial charge in [0.25, 0.3) is 0 Å². The van der Waals surface area contributed by atoms with Crippen LogP contribution in [0, 0.1) is 0 Å². The summed E-state index contributed by atoms with van der Waals surface area (Å²) < 4.78 is 0. The van der Waals surface area contributed by atoms with E-state index in [0.717, 1.165) is 11.3 Å². The number of ketones is 1. The van der Waals surface area contributed by atoms with Crippen molar-refractivity contribution in [3.63, 3.8) is 0 Å². The average molecular weight is 258 g/mol. The highest BCUT2D eigenvalue weighted by Gasteiger charge is 2.31. The van der Waals surface area contributed by atoms with E-state index in [4.69, 9.17) is 5.11 Å². The molecule has 0 unspecified atom stereocenters. The second-order valence-electron chi connectivity index (χ2n) is 3.86. The largest absolute Gasteiger partial charge is 0.478 e. The topological polar surface area (TPSA) is 71.4 Å². The Hall–Kier alpha value is -2.27. The molecule has 0 bridgehead atoms. The summed E-state index contributed by atoms with van der Waals surface area (Å²) in [5.74, 6) is -1.69. The highest BCUT2D eigenvalue weighted by atomic mass is 32.1. The average Bonchev–Trinajstić information content (AvgIpc) is 2.65. The summed E-state index contributed by atoms with van der Waals surface area (Å²) >= 11 is 1.12. The maximum Gasteiger partial charge on any atom is 0.340 e. The molecule has 3 rings (SSSR count). The van der Waals surface area contributed by atoms with Crippen molar-refractivity contribution in [2.75, 3.05) is 0 Å². The lowest BCUT2D eigenvalue weighted by Crippen LogP contribution is -2.19. The number of hydrogen-bond acceptors (Lipinski definition) is 4. The van der Waals surface area contributed by atoms with Crippen LogP contribution in [0.25, 0.3) is 10.4 Å². The summed E-state index contributed by atoms with van der Waals surface area (Å²) in [6.45, 7) is 0. The smallest absolute Gasteiger partial charge is 0.340 e. The fraction of sp³-hybridized carbons (Fsp3) is 0. The standard InChI is InChI=1S/C13H6O4S/c14-10-6-3-1-2-4-7(6)12-9(10)11(15)8(5-18-12)13(16)17/h1-5H,(H,16,17). The summed E-state index contributed by atoms with van der Waals surface area (Å²) in [6.07, 6.45) is 0. The molecule has 0 aliphatic heterocycles. The van der Waals surface area contributed by atoms with Crippen molar-refractivity contribution < 1.29 is 14.7 Å². The molecule has 0 spiro atoms. The molecular weight excluding hydrogens is 252 g/mol. The monoisotopic (exact) mass is 258 g/mol. The van der Waals surface area contributed by atoms with Crippen LogP contribution in [0.3, 0.4) is 0 Å². The number of hydrogen-bond donors (Lipinski definition) is 1. The number of carboxylic acids is 1. The van der Waals surface area contributed by atoms with Crippen molar-refractivity contribution in [2.24, 2.45) is 0 Å². The molecule has 0 atom stereocenters. The minimum atomic E-state index is -1.30. The van der Waals surface area contributed by atoms with Gasteiger partial charge in [-0.3, -0.25) is 9.59 Å². The van der Waals surface area contributed by atoms with Crippen LogP contribution in [0.4, 0.5) is 0 Å². The molecule has 1 aromatic heterocycles. The van der Waals surface area contributed by atoms with E-state index in [9.17, 15) is 14.4 Å². The van der Waals surface area contributed by atoms with Gasteiger partial charge >= 0.3 is 5.97 Å². The first-order chi connectivity index (χ1) is 8.61. The fourth-order valence-electron chi connectivity index (χ4n) is 2.03. The number of carboxylic acid groups (broad SMARTS) is 1. The molecule has 1 heterocycles. The van der Waals surface area contributed by atoms with E-state index in [0.29, 0.717) is 16.0 Å². The maximum absolute atomic E-state index is 12.1. The second-order valence-corrected chi connectivity index (χ2v) is 4.74. The molecular formula is C13H6O4S. The Bertz CT molecular complexity index is 758. The molecule has 1 aromatic carbocycles. The Labute approximate surface area is 105 Å². The van der Waals surface area contributed by atoms with Gasteiger partial charge in [0.05, 0.1) is 10.4 Å². The molecule has 18 heavy (non-hydrogen) atoms. The van der Waals surface area contributed by atoms with Gasteiger partial charge in [0.1, 0.15) is 5.56 Å². The van der Waals surface area contributed by atoms with Crippen LogP contribution in [-0.2, 0) is 0 Å². The van der Waals surface area contributed by atoms with E-state index in [-0.39, 0.29) is 16.9 Å². The number of carbonyl (C=O) groups is 2. The zero-order chi connectivity index (χ0) is 12.9. The Morgan fingerprint density at radius 3 is 2.44 bits per heavy atom. The highest BCUT2D eigenvalue weighted by molar-refractivity contribution is 7.14. The summed E-state index contributed by atoms with van der Waals surface area (Å²) in [6, 6.07) is 6.90. The molecule has 1 aliphatic carbocycles. The van der Waals surface area contributed by atoms with Gasteiger partial charge < -0.3 is 5.11 Å². The van der Waals surface area contributed by atoms with E-state index in [2.05, 4.69) is 0 Å². The lowest BCUT2D eigenvalue weighted by molar-refractivity contribution is 0.0696. The molecule has 2 aromatic rings. The van der Waals surface area contributed by atoms with Crippen molar-refractivity contribution in [1.82, 2.24) is 0 Å². The first-order valence-corrected chi connectivity index (χ1v) is 6.02. The molecule has 5 heteroatoms. The quantitative estimate of drug-likeness (QED) is 0.724. The Morgan fingerprint density at radius 2 is 1.78 bits per heavy atom. The van der Waals surface area contributed by atoms with Crippen LogP contribution < -0.4 is 5.43 Å². The van der Waals surface area contributed by atoms with Crippen LogP contribution >= 0.6 is 11.3 Å². The first-order valence-electron chi connectivity index (χ1n) is 5.14. The zero-order valence-corrected chi connectivity index (χ0v) is 9.78. The molecule has 1 aliphatic rings. The number of benzene rings is 1. The van der Waals surface area contributed by atoms with Crippen LogP contribution in [0.1, 0.15) is 26.3 Å². The summed E-state index contributed by atoms with van der Waals surface area (Å²) in [5, 5.41) is 10.2. The van der Waals surface area contributed by atoms with E-state index < -0.39 is 11.4 Å². The third kappa shape index (κ3) is 1.28. The van der Waals surface area contributed by atoms with Crippen molar-refractivity contribution in [1.29, 1.82) is 0 Å².